The molecule has 0 aromatic carbocycles. The van der Waals surface area contributed by atoms with Crippen LogP contribution < -0.4 is 5.32 Å². The molecule has 0 atom stereocenters. The van der Waals surface area contributed by atoms with Gasteiger partial charge in [0.2, 0.25) is 10.0 Å². The second-order valence-corrected chi connectivity index (χ2v) is 6.07. The molecular weight excluding hydrogens is 244 g/mol. The number of rotatable bonds is 5. The Balaban J connectivity index is 2.26. The van der Waals surface area contributed by atoms with Crippen LogP contribution >= 0.6 is 0 Å². The average molecular weight is 262 g/mol. The molecule has 7 heteroatoms. The van der Waals surface area contributed by atoms with E-state index in [1.807, 2.05) is 0 Å². The first kappa shape index (κ1) is 14.1. The molecule has 1 aliphatic rings. The minimum absolute atomic E-state index is 0.256. The van der Waals surface area contributed by atoms with Crippen molar-refractivity contribution in [2.75, 3.05) is 25.9 Å². The zero-order valence-corrected chi connectivity index (χ0v) is 10.6. The number of nitrogens with zero attached hydrogens (tertiary/aromatic N) is 1. The highest BCUT2D eigenvalue weighted by atomic mass is 32.2. The fourth-order valence-electron chi connectivity index (χ4n) is 1.79. The first-order valence-electron chi connectivity index (χ1n) is 5.47. The summed E-state index contributed by atoms with van der Waals surface area (Å²) in [5, 5.41) is 11.6. The first-order valence-corrected chi connectivity index (χ1v) is 7.32. The summed E-state index contributed by atoms with van der Waals surface area (Å²) >= 11 is 0. The quantitative estimate of drug-likeness (QED) is 0.661. The molecule has 0 bridgehead atoms. The minimum atomic E-state index is -3.07. The first-order chi connectivity index (χ1) is 7.89. The van der Waals surface area contributed by atoms with E-state index in [9.17, 15) is 13.2 Å². The smallest absolute Gasteiger partial charge is 0.328 e. The topological polar surface area (TPSA) is 86.7 Å². The maximum Gasteiger partial charge on any atom is 0.328 e. The van der Waals surface area contributed by atoms with Gasteiger partial charge >= 0.3 is 5.97 Å². The van der Waals surface area contributed by atoms with Gasteiger partial charge in [0.15, 0.2) is 0 Å². The standard InChI is InChI=1S/C10H18N2O4S/c1-17(15,16)12-7-4-9(5-8-12)11-6-2-3-10(13)14/h2-3,9,11H,4-8H2,1H3,(H,13,14)/b3-2+. The Morgan fingerprint density at radius 3 is 2.53 bits per heavy atom. The Kier molecular flexibility index (Phi) is 5.10. The largest absolute Gasteiger partial charge is 0.478 e. The number of carbonyl (C=O) groups is 1. The minimum Gasteiger partial charge on any atom is -0.478 e. The number of nitrogens with one attached hydrogen (secondary N) is 1. The van der Waals surface area contributed by atoms with Crippen LogP contribution in [-0.4, -0.2) is 55.7 Å². The van der Waals surface area contributed by atoms with Crippen LogP contribution in [0.1, 0.15) is 12.8 Å². The summed E-state index contributed by atoms with van der Waals surface area (Å²) in [5.41, 5.74) is 0. The summed E-state index contributed by atoms with van der Waals surface area (Å²) in [7, 11) is -3.07. The van der Waals surface area contributed by atoms with Crippen LogP contribution in [0.4, 0.5) is 0 Å². The van der Waals surface area contributed by atoms with Crippen LogP contribution in [0.3, 0.4) is 0 Å². The Morgan fingerprint density at radius 1 is 1.47 bits per heavy atom. The molecular formula is C10H18N2O4S. The molecule has 0 saturated carbocycles. The maximum absolute atomic E-state index is 11.3. The Morgan fingerprint density at radius 2 is 2.06 bits per heavy atom. The van der Waals surface area contributed by atoms with E-state index in [0.717, 1.165) is 18.9 Å². The highest BCUT2D eigenvalue weighted by Gasteiger charge is 2.23. The predicted octanol–water partition coefficient (Wildman–Crippen LogP) is -0.359. The summed E-state index contributed by atoms with van der Waals surface area (Å²) in [5.74, 6) is -0.960. The van der Waals surface area contributed by atoms with Crippen molar-refractivity contribution in [3.05, 3.63) is 12.2 Å². The van der Waals surface area contributed by atoms with Gasteiger partial charge in [-0.05, 0) is 12.8 Å². The highest BCUT2D eigenvalue weighted by molar-refractivity contribution is 7.88. The van der Waals surface area contributed by atoms with Crippen LogP contribution in [0.25, 0.3) is 0 Å². The Labute approximate surface area is 101 Å². The molecule has 0 aromatic rings. The van der Waals surface area contributed by atoms with E-state index in [2.05, 4.69) is 5.32 Å². The summed E-state index contributed by atoms with van der Waals surface area (Å²) in [6, 6.07) is 0.256. The number of aliphatic carboxylic acids is 1. The Hall–Kier alpha value is -0.920. The van der Waals surface area contributed by atoms with E-state index in [0.29, 0.717) is 19.6 Å². The molecule has 0 aromatic heterocycles. The molecule has 1 rings (SSSR count). The number of sulfonamides is 1. The molecule has 1 saturated heterocycles. The zero-order chi connectivity index (χ0) is 12.9. The van der Waals surface area contributed by atoms with Crippen molar-refractivity contribution in [1.82, 2.24) is 9.62 Å². The predicted molar refractivity (Wildman–Crippen MR) is 64.2 cm³/mol. The third kappa shape index (κ3) is 5.29. The molecule has 1 fully saturated rings. The monoisotopic (exact) mass is 262 g/mol. The van der Waals surface area contributed by atoms with Gasteiger partial charge in [-0.3, -0.25) is 0 Å². The molecule has 6 nitrogen and oxygen atoms in total. The third-order valence-corrected chi connectivity index (χ3v) is 4.01. The molecule has 2 N–H and O–H groups in total. The van der Waals surface area contributed by atoms with Crippen LogP contribution in [0.5, 0.6) is 0 Å². The molecule has 17 heavy (non-hydrogen) atoms. The number of hydrogen-bond acceptors (Lipinski definition) is 4. The van der Waals surface area contributed by atoms with E-state index >= 15 is 0 Å². The van der Waals surface area contributed by atoms with E-state index in [1.54, 1.807) is 6.08 Å². The number of carboxylic acid groups (broad SMARTS) is 1. The molecule has 0 radical (unpaired) electrons. The normalized spacial score (nSPS) is 19.8. The van der Waals surface area contributed by atoms with Gasteiger partial charge in [-0.2, -0.15) is 0 Å². The fourth-order valence-corrected chi connectivity index (χ4v) is 2.66. The lowest BCUT2D eigenvalue weighted by atomic mass is 10.1. The van der Waals surface area contributed by atoms with Crippen molar-refractivity contribution in [2.45, 2.75) is 18.9 Å². The van der Waals surface area contributed by atoms with Gasteiger partial charge in [-0.25, -0.2) is 17.5 Å². The van der Waals surface area contributed by atoms with E-state index in [1.165, 1.54) is 10.6 Å². The number of piperidine rings is 1. The van der Waals surface area contributed by atoms with Gasteiger partial charge < -0.3 is 10.4 Å². The van der Waals surface area contributed by atoms with E-state index in [-0.39, 0.29) is 6.04 Å². The summed E-state index contributed by atoms with van der Waals surface area (Å²) in [4.78, 5) is 10.2. The molecule has 0 spiro atoms. The van der Waals surface area contributed by atoms with Crippen molar-refractivity contribution in [2.24, 2.45) is 0 Å². The van der Waals surface area contributed by atoms with E-state index in [4.69, 9.17) is 5.11 Å². The highest BCUT2D eigenvalue weighted by Crippen LogP contribution is 2.12. The lowest BCUT2D eigenvalue weighted by Crippen LogP contribution is -2.44. The second kappa shape index (κ2) is 6.13. The lowest BCUT2D eigenvalue weighted by molar-refractivity contribution is -0.131. The molecule has 1 heterocycles. The van der Waals surface area contributed by atoms with Gasteiger partial charge in [-0.15, -0.1) is 0 Å². The van der Waals surface area contributed by atoms with Crippen molar-refractivity contribution >= 4 is 16.0 Å². The third-order valence-electron chi connectivity index (χ3n) is 2.71. The summed E-state index contributed by atoms with van der Waals surface area (Å²) < 4.78 is 24.0. The van der Waals surface area contributed by atoms with Crippen LogP contribution in [0.2, 0.25) is 0 Å². The summed E-state index contributed by atoms with van der Waals surface area (Å²) in [6.45, 7) is 1.55. The molecule has 1 aliphatic heterocycles. The maximum atomic E-state index is 11.3. The van der Waals surface area contributed by atoms with Crippen LogP contribution in [0.15, 0.2) is 12.2 Å². The SMILES string of the molecule is CS(=O)(=O)N1CCC(NC/C=C/C(=O)O)CC1. The average Bonchev–Trinajstić information content (AvgIpc) is 2.23. The van der Waals surface area contributed by atoms with Gasteiger partial charge in [-0.1, -0.05) is 6.08 Å². The van der Waals surface area contributed by atoms with Crippen molar-refractivity contribution in [3.8, 4) is 0 Å². The van der Waals surface area contributed by atoms with Crippen molar-refractivity contribution in [3.63, 3.8) is 0 Å². The van der Waals surface area contributed by atoms with Crippen LogP contribution in [-0.2, 0) is 14.8 Å². The molecule has 0 aliphatic carbocycles. The second-order valence-electron chi connectivity index (χ2n) is 4.09. The van der Waals surface area contributed by atoms with Gasteiger partial charge in [0.25, 0.3) is 0 Å². The fraction of sp³-hybridized carbons (Fsp3) is 0.700. The van der Waals surface area contributed by atoms with Gasteiger partial charge in [0, 0.05) is 31.8 Å². The van der Waals surface area contributed by atoms with Gasteiger partial charge in [0.05, 0.1) is 6.26 Å². The molecule has 0 amide bonds. The van der Waals surface area contributed by atoms with Crippen LogP contribution in [0, 0.1) is 0 Å². The zero-order valence-electron chi connectivity index (χ0n) is 9.80. The Bertz CT molecular complexity index is 383. The number of hydrogen-bond donors (Lipinski definition) is 2. The van der Waals surface area contributed by atoms with Crippen molar-refractivity contribution < 1.29 is 18.3 Å². The van der Waals surface area contributed by atoms with Gasteiger partial charge in [0.1, 0.15) is 0 Å². The van der Waals surface area contributed by atoms with Crippen molar-refractivity contribution in [1.29, 1.82) is 0 Å². The van der Waals surface area contributed by atoms with E-state index < -0.39 is 16.0 Å². The molecule has 0 unspecified atom stereocenters. The molecule has 98 valence electrons. The lowest BCUT2D eigenvalue weighted by Gasteiger charge is -2.30. The number of carboxylic acids is 1. The summed E-state index contributed by atoms with van der Waals surface area (Å²) in [6.07, 6.45) is 5.38.